The van der Waals surface area contributed by atoms with E-state index < -0.39 is 16.1 Å². The van der Waals surface area contributed by atoms with Crippen molar-refractivity contribution < 1.29 is 13.5 Å². The molecular formula is C15H16ClNO3S. The lowest BCUT2D eigenvalue weighted by molar-refractivity contribution is 0.182. The predicted molar refractivity (Wildman–Crippen MR) is 82.8 cm³/mol. The maximum absolute atomic E-state index is 12.1. The van der Waals surface area contributed by atoms with Gasteiger partial charge in [-0.25, -0.2) is 13.1 Å². The van der Waals surface area contributed by atoms with E-state index in [9.17, 15) is 13.5 Å². The van der Waals surface area contributed by atoms with Gasteiger partial charge in [0.05, 0.1) is 11.0 Å². The van der Waals surface area contributed by atoms with Crippen LogP contribution >= 0.6 is 11.6 Å². The molecule has 1 atom stereocenters. The van der Waals surface area contributed by atoms with Gasteiger partial charge < -0.3 is 5.11 Å². The van der Waals surface area contributed by atoms with E-state index in [4.69, 9.17) is 11.6 Å². The molecule has 2 aromatic rings. The fourth-order valence-electron chi connectivity index (χ4n) is 1.79. The molecule has 0 fully saturated rings. The third-order valence-electron chi connectivity index (χ3n) is 3.05. The lowest BCUT2D eigenvalue weighted by Gasteiger charge is -2.13. The summed E-state index contributed by atoms with van der Waals surface area (Å²) >= 11 is 5.77. The Kier molecular flexibility index (Phi) is 5.00. The first-order valence-electron chi connectivity index (χ1n) is 6.38. The number of aryl methyl sites for hydroxylation is 1. The number of nitrogens with one attached hydrogen (secondary N) is 1. The molecule has 0 aliphatic heterocycles. The van der Waals surface area contributed by atoms with Crippen LogP contribution in [0.3, 0.4) is 0 Å². The van der Waals surface area contributed by atoms with E-state index in [1.807, 2.05) is 6.92 Å². The molecule has 6 heteroatoms. The summed E-state index contributed by atoms with van der Waals surface area (Å²) in [6.07, 6.45) is -0.928. The minimum atomic E-state index is -3.62. The SMILES string of the molecule is Cc1ccc(S(=O)(=O)NCC(O)c2ccc(Cl)cc2)cc1. The predicted octanol–water partition coefficient (Wildman–Crippen LogP) is 2.66. The highest BCUT2D eigenvalue weighted by atomic mass is 35.5. The fourth-order valence-corrected chi connectivity index (χ4v) is 2.96. The van der Waals surface area contributed by atoms with Crippen LogP contribution in [0.1, 0.15) is 17.2 Å². The smallest absolute Gasteiger partial charge is 0.240 e. The van der Waals surface area contributed by atoms with E-state index in [2.05, 4.69) is 4.72 Å². The van der Waals surface area contributed by atoms with Gasteiger partial charge in [-0.3, -0.25) is 0 Å². The molecule has 0 bridgehead atoms. The van der Waals surface area contributed by atoms with Crippen molar-refractivity contribution in [3.05, 3.63) is 64.7 Å². The summed E-state index contributed by atoms with van der Waals surface area (Å²) in [6, 6.07) is 13.1. The van der Waals surface area contributed by atoms with Crippen molar-refractivity contribution in [3.63, 3.8) is 0 Å². The second kappa shape index (κ2) is 6.58. The van der Waals surface area contributed by atoms with E-state index in [0.717, 1.165) is 5.56 Å². The molecule has 2 rings (SSSR count). The van der Waals surface area contributed by atoms with Crippen LogP contribution < -0.4 is 4.72 Å². The first kappa shape index (κ1) is 16.0. The molecule has 0 aromatic heterocycles. The highest BCUT2D eigenvalue weighted by Crippen LogP contribution is 2.17. The Hall–Kier alpha value is -1.40. The maximum atomic E-state index is 12.1. The van der Waals surface area contributed by atoms with Gasteiger partial charge >= 0.3 is 0 Å². The Bertz CT molecular complexity index is 697. The summed E-state index contributed by atoms with van der Waals surface area (Å²) in [4.78, 5) is 0.177. The van der Waals surface area contributed by atoms with Gasteiger partial charge in [0.2, 0.25) is 10.0 Å². The van der Waals surface area contributed by atoms with Crippen molar-refractivity contribution in [3.8, 4) is 0 Å². The largest absolute Gasteiger partial charge is 0.387 e. The number of benzene rings is 2. The van der Waals surface area contributed by atoms with Crippen LogP contribution in [-0.2, 0) is 10.0 Å². The molecular weight excluding hydrogens is 310 g/mol. The van der Waals surface area contributed by atoms with Gasteiger partial charge in [-0.2, -0.15) is 0 Å². The van der Waals surface area contributed by atoms with Crippen LogP contribution in [0.4, 0.5) is 0 Å². The maximum Gasteiger partial charge on any atom is 0.240 e. The molecule has 0 saturated carbocycles. The Labute approximate surface area is 129 Å². The highest BCUT2D eigenvalue weighted by Gasteiger charge is 2.16. The molecule has 2 N–H and O–H groups in total. The zero-order valence-electron chi connectivity index (χ0n) is 11.5. The van der Waals surface area contributed by atoms with Crippen molar-refractivity contribution >= 4 is 21.6 Å². The molecule has 0 amide bonds. The van der Waals surface area contributed by atoms with Gasteiger partial charge in [0.25, 0.3) is 0 Å². The molecule has 2 aromatic carbocycles. The summed E-state index contributed by atoms with van der Waals surface area (Å²) in [5, 5.41) is 10.6. The quantitative estimate of drug-likeness (QED) is 0.888. The summed E-state index contributed by atoms with van der Waals surface area (Å²) in [6.45, 7) is 1.78. The number of rotatable bonds is 5. The van der Waals surface area contributed by atoms with Gasteiger partial charge in [-0.1, -0.05) is 41.4 Å². The third kappa shape index (κ3) is 4.28. The van der Waals surface area contributed by atoms with Crippen molar-refractivity contribution in [1.29, 1.82) is 0 Å². The van der Waals surface area contributed by atoms with Crippen LogP contribution in [-0.4, -0.2) is 20.1 Å². The zero-order valence-corrected chi connectivity index (χ0v) is 13.0. The third-order valence-corrected chi connectivity index (χ3v) is 4.74. The first-order chi connectivity index (χ1) is 9.88. The summed E-state index contributed by atoms with van der Waals surface area (Å²) < 4.78 is 26.6. The number of hydrogen-bond acceptors (Lipinski definition) is 3. The minimum absolute atomic E-state index is 0.0994. The van der Waals surface area contributed by atoms with Crippen molar-refractivity contribution in [2.24, 2.45) is 0 Å². The first-order valence-corrected chi connectivity index (χ1v) is 8.24. The fraction of sp³-hybridized carbons (Fsp3) is 0.200. The molecule has 4 nitrogen and oxygen atoms in total. The number of aliphatic hydroxyl groups excluding tert-OH is 1. The average Bonchev–Trinajstić information content (AvgIpc) is 2.46. The Balaban J connectivity index is 2.04. The minimum Gasteiger partial charge on any atom is -0.387 e. The molecule has 0 aliphatic carbocycles. The van der Waals surface area contributed by atoms with Gasteiger partial charge in [0.15, 0.2) is 0 Å². The number of aliphatic hydroxyl groups is 1. The zero-order chi connectivity index (χ0) is 15.5. The summed E-state index contributed by atoms with van der Waals surface area (Å²) in [5.41, 5.74) is 1.58. The molecule has 0 aliphatic rings. The molecule has 0 saturated heterocycles. The van der Waals surface area contributed by atoms with Crippen LogP contribution in [0, 0.1) is 6.92 Å². The van der Waals surface area contributed by atoms with E-state index in [1.165, 1.54) is 12.1 Å². The van der Waals surface area contributed by atoms with E-state index in [-0.39, 0.29) is 11.4 Å². The number of hydrogen-bond donors (Lipinski definition) is 2. The molecule has 0 heterocycles. The van der Waals surface area contributed by atoms with E-state index >= 15 is 0 Å². The topological polar surface area (TPSA) is 66.4 Å². The van der Waals surface area contributed by atoms with Crippen LogP contribution in [0.5, 0.6) is 0 Å². The average molecular weight is 326 g/mol. The standard InChI is InChI=1S/C15H16ClNO3S/c1-11-2-8-14(9-3-11)21(19,20)17-10-15(18)12-4-6-13(16)7-5-12/h2-9,15,17-18H,10H2,1H3. The van der Waals surface area contributed by atoms with Crippen LogP contribution in [0.25, 0.3) is 0 Å². The summed E-state index contributed by atoms with van der Waals surface area (Å²) in [5.74, 6) is 0. The van der Waals surface area contributed by atoms with Gasteiger partial charge in [-0.05, 0) is 36.8 Å². The molecule has 112 valence electrons. The second-order valence-electron chi connectivity index (χ2n) is 4.73. The Morgan fingerprint density at radius 1 is 1.10 bits per heavy atom. The van der Waals surface area contributed by atoms with E-state index in [1.54, 1.807) is 36.4 Å². The lowest BCUT2D eigenvalue weighted by atomic mass is 10.1. The van der Waals surface area contributed by atoms with Crippen molar-refractivity contribution in [2.45, 2.75) is 17.9 Å². The van der Waals surface area contributed by atoms with Crippen molar-refractivity contribution in [2.75, 3.05) is 6.54 Å². The van der Waals surface area contributed by atoms with Gasteiger partial charge in [0, 0.05) is 11.6 Å². The monoisotopic (exact) mass is 325 g/mol. The van der Waals surface area contributed by atoms with Crippen molar-refractivity contribution in [1.82, 2.24) is 4.72 Å². The molecule has 0 radical (unpaired) electrons. The molecule has 1 unspecified atom stereocenters. The Morgan fingerprint density at radius 3 is 2.24 bits per heavy atom. The molecule has 0 spiro atoms. The van der Waals surface area contributed by atoms with Gasteiger partial charge in [0.1, 0.15) is 0 Å². The Morgan fingerprint density at radius 2 is 1.67 bits per heavy atom. The second-order valence-corrected chi connectivity index (χ2v) is 6.94. The van der Waals surface area contributed by atoms with Crippen LogP contribution in [0.15, 0.2) is 53.4 Å². The number of halogens is 1. The molecule has 21 heavy (non-hydrogen) atoms. The van der Waals surface area contributed by atoms with E-state index in [0.29, 0.717) is 10.6 Å². The van der Waals surface area contributed by atoms with Gasteiger partial charge in [-0.15, -0.1) is 0 Å². The highest BCUT2D eigenvalue weighted by molar-refractivity contribution is 7.89. The normalized spacial score (nSPS) is 13.1. The summed E-state index contributed by atoms with van der Waals surface area (Å²) in [7, 11) is -3.62. The lowest BCUT2D eigenvalue weighted by Crippen LogP contribution is -2.28. The van der Waals surface area contributed by atoms with Crippen LogP contribution in [0.2, 0.25) is 5.02 Å². The number of sulfonamides is 1.